The first-order chi connectivity index (χ1) is 4.65. The molecule has 0 aliphatic carbocycles. The quantitative estimate of drug-likeness (QED) is 0.478. The van der Waals surface area contributed by atoms with Crippen LogP contribution in [0.3, 0.4) is 0 Å². The van der Waals surface area contributed by atoms with Crippen LogP contribution in [0.15, 0.2) is 0 Å². The molecule has 0 aliphatic rings. The van der Waals surface area contributed by atoms with Crippen LogP contribution in [0, 0.1) is 0 Å². The van der Waals surface area contributed by atoms with Crippen LogP contribution in [-0.4, -0.2) is 23.0 Å². The lowest BCUT2D eigenvalue weighted by molar-refractivity contribution is -0.181. The fraction of sp³-hybridized carbons (Fsp3) is 0.750. The Kier molecular flexibility index (Phi) is 2.44. The lowest BCUT2D eigenvalue weighted by atomic mass is 10.2. The molecule has 3 nitrogen and oxygen atoms in total. The molecule has 0 radical (unpaired) electrons. The van der Waals surface area contributed by atoms with Crippen LogP contribution in [0.1, 0.15) is 6.42 Å². The van der Waals surface area contributed by atoms with Gasteiger partial charge in [0.15, 0.2) is 0 Å². The third-order valence-corrected chi connectivity index (χ3v) is 0.813. The highest BCUT2D eigenvalue weighted by atomic mass is 19.4. The van der Waals surface area contributed by atoms with E-state index in [0.717, 1.165) is 0 Å². The Morgan fingerprint density at radius 2 is 1.73 bits per heavy atom. The molecule has 0 aromatic rings. The normalized spacial score (nSPS) is 17.5. The second-order valence-electron chi connectivity index (χ2n) is 1.96. The molecule has 0 aliphatic heterocycles. The zero-order chi connectivity index (χ0) is 9.28. The Balaban J connectivity index is 4.25. The van der Waals surface area contributed by atoms with Crippen molar-refractivity contribution in [3.63, 3.8) is 0 Å². The lowest BCUT2D eigenvalue weighted by Gasteiger charge is -2.16. The molecule has 0 saturated heterocycles. The van der Waals surface area contributed by atoms with Crippen LogP contribution >= 0.6 is 0 Å². The molecule has 0 aromatic carbocycles. The smallest absolute Gasteiger partial charge is 0.394 e. The molecule has 0 saturated carbocycles. The van der Waals surface area contributed by atoms with Crippen molar-refractivity contribution in [3.8, 4) is 0 Å². The number of carboxylic acids is 1. The van der Waals surface area contributed by atoms with Crippen molar-refractivity contribution < 1.29 is 27.5 Å². The number of carbonyl (C=O) groups is 1. The molecule has 0 spiro atoms. The molecule has 0 heterocycles. The first-order valence-corrected chi connectivity index (χ1v) is 2.43. The molecule has 11 heavy (non-hydrogen) atoms. The molecule has 0 rings (SSSR count). The van der Waals surface area contributed by atoms with E-state index in [1.54, 1.807) is 0 Å². The second kappa shape index (κ2) is 2.65. The van der Waals surface area contributed by atoms with E-state index in [9.17, 15) is 22.4 Å². The van der Waals surface area contributed by atoms with Crippen molar-refractivity contribution in [1.82, 2.24) is 0 Å². The summed E-state index contributed by atoms with van der Waals surface area (Å²) in [7, 11) is 0. The predicted molar refractivity (Wildman–Crippen MR) is 26.3 cm³/mol. The van der Waals surface area contributed by atoms with E-state index in [4.69, 9.17) is 5.11 Å². The van der Waals surface area contributed by atoms with Crippen molar-refractivity contribution in [2.45, 2.75) is 18.4 Å². The van der Waals surface area contributed by atoms with Gasteiger partial charge in [-0.15, -0.1) is 0 Å². The number of rotatable bonds is 2. The summed E-state index contributed by atoms with van der Waals surface area (Å²) < 4.78 is 46.2. The molecular weight excluding hydrogens is 170 g/mol. The number of carboxylic acid groups (broad SMARTS) is 1. The summed E-state index contributed by atoms with van der Waals surface area (Å²) in [5, 5.41) is 7.80. The predicted octanol–water partition coefficient (Wildman–Crippen LogP) is 0.648. The maximum atomic E-state index is 12.2. The van der Waals surface area contributed by atoms with Crippen LogP contribution in [0.2, 0.25) is 0 Å². The third kappa shape index (κ3) is 3.76. The third-order valence-electron chi connectivity index (χ3n) is 0.813. The minimum atomic E-state index is -4.91. The van der Waals surface area contributed by atoms with Crippen molar-refractivity contribution in [2.75, 3.05) is 0 Å². The summed E-state index contributed by atoms with van der Waals surface area (Å²) in [5.74, 6) is -6.05. The summed E-state index contributed by atoms with van der Waals surface area (Å²) in [6.45, 7) is 0. The molecule has 0 bridgehead atoms. The van der Waals surface area contributed by atoms with Gasteiger partial charge in [0.05, 0.1) is 0 Å². The number of alkyl halides is 4. The Hall–Kier alpha value is -0.850. The van der Waals surface area contributed by atoms with Gasteiger partial charge in [-0.3, -0.25) is 5.73 Å². The highest BCUT2D eigenvalue weighted by Crippen LogP contribution is 2.26. The van der Waals surface area contributed by atoms with E-state index in [1.807, 2.05) is 0 Å². The standard InChI is InChI=1S/C4H5F4NO2/c5-3(9,2(10)11)1-4(6,7)8/h1,9H2,(H,10,11)/t3-/m0/s1. The van der Waals surface area contributed by atoms with Gasteiger partial charge in [0.25, 0.3) is 5.79 Å². The molecule has 3 N–H and O–H groups in total. The van der Waals surface area contributed by atoms with Crippen LogP contribution in [-0.2, 0) is 4.79 Å². The number of halogens is 4. The van der Waals surface area contributed by atoms with Gasteiger partial charge < -0.3 is 5.11 Å². The lowest BCUT2D eigenvalue weighted by Crippen LogP contribution is -2.46. The molecule has 0 unspecified atom stereocenters. The molecule has 0 amide bonds. The van der Waals surface area contributed by atoms with Crippen molar-refractivity contribution in [2.24, 2.45) is 5.73 Å². The average molecular weight is 175 g/mol. The number of hydrogen-bond donors (Lipinski definition) is 2. The van der Waals surface area contributed by atoms with Crippen LogP contribution < -0.4 is 5.73 Å². The Labute approximate surface area is 58.8 Å². The van der Waals surface area contributed by atoms with E-state index in [0.29, 0.717) is 0 Å². The van der Waals surface area contributed by atoms with Gasteiger partial charge in [0, 0.05) is 0 Å². The van der Waals surface area contributed by atoms with Gasteiger partial charge in [0.2, 0.25) is 0 Å². The van der Waals surface area contributed by atoms with Gasteiger partial charge >= 0.3 is 12.1 Å². The number of nitrogens with two attached hydrogens (primary N) is 1. The zero-order valence-electron chi connectivity index (χ0n) is 5.15. The van der Waals surface area contributed by atoms with Crippen molar-refractivity contribution in [1.29, 1.82) is 0 Å². The molecular formula is C4H5F4NO2. The number of hydrogen-bond acceptors (Lipinski definition) is 2. The van der Waals surface area contributed by atoms with E-state index in [1.165, 1.54) is 0 Å². The minimum Gasteiger partial charge on any atom is -0.478 e. The van der Waals surface area contributed by atoms with Gasteiger partial charge in [-0.1, -0.05) is 0 Å². The average Bonchev–Trinajstić information content (AvgIpc) is 1.56. The summed E-state index contributed by atoms with van der Waals surface area (Å²) in [6, 6.07) is 0. The molecule has 1 atom stereocenters. The second-order valence-corrected chi connectivity index (χ2v) is 1.96. The highest BCUT2D eigenvalue weighted by molar-refractivity contribution is 5.76. The monoisotopic (exact) mass is 175 g/mol. The summed E-state index contributed by atoms with van der Waals surface area (Å²) >= 11 is 0. The summed E-state index contributed by atoms with van der Waals surface area (Å²) in [5.41, 5.74) is 4.16. The van der Waals surface area contributed by atoms with E-state index in [2.05, 4.69) is 5.73 Å². The first-order valence-electron chi connectivity index (χ1n) is 2.43. The largest absolute Gasteiger partial charge is 0.478 e. The molecule has 0 fully saturated rings. The summed E-state index contributed by atoms with van der Waals surface area (Å²) in [6.07, 6.45) is -7.10. The maximum Gasteiger partial charge on any atom is 0.394 e. The van der Waals surface area contributed by atoms with Gasteiger partial charge in [-0.05, 0) is 0 Å². The Bertz CT molecular complexity index is 164. The van der Waals surface area contributed by atoms with Crippen LogP contribution in [0.25, 0.3) is 0 Å². The fourth-order valence-electron chi connectivity index (χ4n) is 0.367. The van der Waals surface area contributed by atoms with E-state index in [-0.39, 0.29) is 0 Å². The topological polar surface area (TPSA) is 63.3 Å². The Morgan fingerprint density at radius 1 is 1.36 bits per heavy atom. The molecule has 66 valence electrons. The van der Waals surface area contributed by atoms with Gasteiger partial charge in [0.1, 0.15) is 6.42 Å². The molecule has 0 aromatic heterocycles. The summed E-state index contributed by atoms with van der Waals surface area (Å²) in [4.78, 5) is 9.70. The van der Waals surface area contributed by atoms with Gasteiger partial charge in [-0.2, -0.15) is 13.2 Å². The van der Waals surface area contributed by atoms with E-state index >= 15 is 0 Å². The zero-order valence-corrected chi connectivity index (χ0v) is 5.15. The van der Waals surface area contributed by atoms with E-state index < -0.39 is 24.4 Å². The molecule has 7 heteroatoms. The van der Waals surface area contributed by atoms with Crippen molar-refractivity contribution in [3.05, 3.63) is 0 Å². The fourth-order valence-corrected chi connectivity index (χ4v) is 0.367. The van der Waals surface area contributed by atoms with Crippen LogP contribution in [0.4, 0.5) is 17.6 Å². The van der Waals surface area contributed by atoms with Crippen LogP contribution in [0.5, 0.6) is 0 Å². The minimum absolute atomic E-state index is 2.19. The Morgan fingerprint density at radius 3 is 1.82 bits per heavy atom. The number of aliphatic carboxylic acids is 1. The highest BCUT2D eigenvalue weighted by Gasteiger charge is 2.45. The van der Waals surface area contributed by atoms with Gasteiger partial charge in [-0.25, -0.2) is 9.18 Å². The maximum absolute atomic E-state index is 12.2. The van der Waals surface area contributed by atoms with Crippen molar-refractivity contribution >= 4 is 5.97 Å². The SMILES string of the molecule is N[C@@](F)(CC(F)(F)F)C(=O)O. The first kappa shape index (κ1) is 10.2.